The first-order valence-electron chi connectivity index (χ1n) is 8.31. The van der Waals surface area contributed by atoms with Gasteiger partial charge < -0.3 is 10.2 Å². The molecule has 4 bridgehead atoms. The van der Waals surface area contributed by atoms with Crippen molar-refractivity contribution in [3.63, 3.8) is 0 Å². The Hall–Kier alpha value is -0.570. The fraction of sp³-hybridized carbons (Fsp3) is 0.938. The van der Waals surface area contributed by atoms with Crippen molar-refractivity contribution in [1.82, 2.24) is 10.2 Å². The van der Waals surface area contributed by atoms with Crippen molar-refractivity contribution >= 4 is 5.91 Å². The standard InChI is InChI=1S/C16H26N2O/c19-16(18-4-1-2-17-3-5-18)15-13-7-11-6-12(9-13)10-14(15)8-11/h11-15,17H,1-10H2. The van der Waals surface area contributed by atoms with Crippen LogP contribution in [0.5, 0.6) is 0 Å². The summed E-state index contributed by atoms with van der Waals surface area (Å²) in [6.45, 7) is 3.97. The summed E-state index contributed by atoms with van der Waals surface area (Å²) in [7, 11) is 0. The van der Waals surface area contributed by atoms with E-state index in [1.165, 1.54) is 32.1 Å². The van der Waals surface area contributed by atoms with Crippen molar-refractivity contribution in [2.45, 2.75) is 38.5 Å². The molecule has 1 heterocycles. The first-order chi connectivity index (χ1) is 9.31. The second-order valence-electron chi connectivity index (χ2n) is 7.39. The van der Waals surface area contributed by atoms with Crippen LogP contribution in [0.2, 0.25) is 0 Å². The molecule has 0 unspecified atom stereocenters. The Kier molecular flexibility index (Phi) is 3.06. The Balaban J connectivity index is 1.50. The lowest BCUT2D eigenvalue weighted by Gasteiger charge is -2.54. The van der Waals surface area contributed by atoms with E-state index < -0.39 is 0 Å². The third-order valence-electron chi connectivity index (χ3n) is 6.16. The molecule has 1 aliphatic heterocycles. The predicted octanol–water partition coefficient (Wildman–Crippen LogP) is 1.88. The van der Waals surface area contributed by atoms with Gasteiger partial charge in [0.2, 0.25) is 5.91 Å². The first kappa shape index (κ1) is 12.2. The molecule has 4 aliphatic carbocycles. The Morgan fingerprint density at radius 2 is 1.58 bits per heavy atom. The fourth-order valence-corrected chi connectivity index (χ4v) is 5.61. The van der Waals surface area contributed by atoms with Gasteiger partial charge in [-0.25, -0.2) is 0 Å². The lowest BCUT2D eigenvalue weighted by atomic mass is 9.51. The van der Waals surface area contributed by atoms with Crippen LogP contribution in [0.4, 0.5) is 0 Å². The minimum absolute atomic E-state index is 0.394. The molecule has 1 amide bonds. The number of nitrogens with one attached hydrogen (secondary N) is 1. The van der Waals surface area contributed by atoms with E-state index in [-0.39, 0.29) is 0 Å². The van der Waals surface area contributed by atoms with Gasteiger partial charge in [-0.05, 0) is 68.7 Å². The van der Waals surface area contributed by atoms with E-state index in [1.54, 1.807) is 0 Å². The zero-order valence-electron chi connectivity index (χ0n) is 11.8. The maximum absolute atomic E-state index is 12.9. The fourth-order valence-electron chi connectivity index (χ4n) is 5.61. The minimum Gasteiger partial charge on any atom is -0.341 e. The maximum Gasteiger partial charge on any atom is 0.226 e. The molecule has 1 N–H and O–H groups in total. The van der Waals surface area contributed by atoms with Gasteiger partial charge >= 0.3 is 0 Å². The van der Waals surface area contributed by atoms with Gasteiger partial charge in [0.25, 0.3) is 0 Å². The Morgan fingerprint density at radius 1 is 0.895 bits per heavy atom. The van der Waals surface area contributed by atoms with E-state index in [1.807, 2.05) is 0 Å². The highest BCUT2D eigenvalue weighted by Crippen LogP contribution is 2.56. The quantitative estimate of drug-likeness (QED) is 0.782. The Bertz CT molecular complexity index is 332. The number of hydrogen-bond acceptors (Lipinski definition) is 2. The molecule has 5 rings (SSSR count). The van der Waals surface area contributed by atoms with Crippen molar-refractivity contribution in [3.8, 4) is 0 Å². The van der Waals surface area contributed by atoms with E-state index >= 15 is 0 Å². The van der Waals surface area contributed by atoms with Crippen LogP contribution in [0.3, 0.4) is 0 Å². The van der Waals surface area contributed by atoms with Crippen molar-refractivity contribution in [2.75, 3.05) is 26.2 Å². The first-order valence-corrected chi connectivity index (χ1v) is 8.31. The average molecular weight is 262 g/mol. The lowest BCUT2D eigenvalue weighted by Crippen LogP contribution is -2.52. The summed E-state index contributed by atoms with van der Waals surface area (Å²) in [5, 5.41) is 3.41. The van der Waals surface area contributed by atoms with Crippen molar-refractivity contribution in [2.24, 2.45) is 29.6 Å². The topological polar surface area (TPSA) is 32.3 Å². The molecular weight excluding hydrogens is 236 g/mol. The van der Waals surface area contributed by atoms with E-state index in [9.17, 15) is 4.79 Å². The maximum atomic E-state index is 12.9. The smallest absolute Gasteiger partial charge is 0.226 e. The summed E-state index contributed by atoms with van der Waals surface area (Å²) in [5.74, 6) is 4.32. The van der Waals surface area contributed by atoms with Crippen LogP contribution >= 0.6 is 0 Å². The van der Waals surface area contributed by atoms with Crippen molar-refractivity contribution in [1.29, 1.82) is 0 Å². The zero-order valence-corrected chi connectivity index (χ0v) is 11.8. The van der Waals surface area contributed by atoms with E-state index in [2.05, 4.69) is 10.2 Å². The van der Waals surface area contributed by atoms with Gasteiger partial charge in [-0.2, -0.15) is 0 Å². The molecule has 106 valence electrons. The third-order valence-corrected chi connectivity index (χ3v) is 6.16. The molecule has 5 aliphatic rings. The van der Waals surface area contributed by atoms with Crippen LogP contribution in [-0.4, -0.2) is 37.0 Å². The third kappa shape index (κ3) is 2.10. The van der Waals surface area contributed by atoms with Crippen LogP contribution in [0.1, 0.15) is 38.5 Å². The molecule has 0 aromatic carbocycles. The largest absolute Gasteiger partial charge is 0.341 e. The normalized spacial score (nSPS) is 45.3. The number of carbonyl (C=O) groups excluding carboxylic acids is 1. The lowest BCUT2D eigenvalue weighted by molar-refractivity contribution is -0.148. The number of rotatable bonds is 1. The summed E-state index contributed by atoms with van der Waals surface area (Å²) in [6.07, 6.45) is 8.02. The molecule has 0 radical (unpaired) electrons. The molecule has 5 fully saturated rings. The number of hydrogen-bond donors (Lipinski definition) is 1. The molecule has 3 heteroatoms. The summed E-state index contributed by atoms with van der Waals surface area (Å²) < 4.78 is 0. The summed E-state index contributed by atoms with van der Waals surface area (Å²) >= 11 is 0. The molecule has 4 saturated carbocycles. The molecule has 0 atom stereocenters. The van der Waals surface area contributed by atoms with Gasteiger partial charge in [-0.1, -0.05) is 0 Å². The van der Waals surface area contributed by atoms with Crippen LogP contribution in [-0.2, 0) is 4.79 Å². The van der Waals surface area contributed by atoms with Gasteiger partial charge in [0.1, 0.15) is 0 Å². The van der Waals surface area contributed by atoms with Crippen LogP contribution in [0, 0.1) is 29.6 Å². The van der Waals surface area contributed by atoms with Crippen LogP contribution in [0.15, 0.2) is 0 Å². The molecule has 3 nitrogen and oxygen atoms in total. The average Bonchev–Trinajstić information content (AvgIpc) is 2.66. The molecule has 1 saturated heterocycles. The van der Waals surface area contributed by atoms with Gasteiger partial charge in [-0.15, -0.1) is 0 Å². The second kappa shape index (κ2) is 4.76. The monoisotopic (exact) mass is 262 g/mol. The molecule has 0 spiro atoms. The van der Waals surface area contributed by atoms with E-state index in [4.69, 9.17) is 0 Å². The van der Waals surface area contributed by atoms with Crippen LogP contribution < -0.4 is 5.32 Å². The second-order valence-corrected chi connectivity index (χ2v) is 7.39. The highest BCUT2D eigenvalue weighted by Gasteiger charge is 2.51. The summed E-state index contributed by atoms with van der Waals surface area (Å²) in [6, 6.07) is 0. The highest BCUT2D eigenvalue weighted by molar-refractivity contribution is 5.80. The SMILES string of the molecule is O=C(C1C2CC3CC(C2)CC1C3)N1CCCNCC1. The summed E-state index contributed by atoms with van der Waals surface area (Å²) in [5.41, 5.74) is 0. The van der Waals surface area contributed by atoms with Crippen molar-refractivity contribution in [3.05, 3.63) is 0 Å². The highest BCUT2D eigenvalue weighted by atomic mass is 16.2. The Labute approximate surface area is 116 Å². The van der Waals surface area contributed by atoms with Gasteiger partial charge in [0.15, 0.2) is 0 Å². The zero-order chi connectivity index (χ0) is 12.8. The molecule has 0 aromatic rings. The number of amides is 1. The summed E-state index contributed by atoms with van der Waals surface area (Å²) in [4.78, 5) is 15.1. The van der Waals surface area contributed by atoms with E-state index in [0.717, 1.165) is 56.3 Å². The number of carbonyl (C=O) groups is 1. The van der Waals surface area contributed by atoms with Crippen molar-refractivity contribution < 1.29 is 4.79 Å². The molecule has 0 aromatic heterocycles. The number of nitrogens with zero attached hydrogens (tertiary/aromatic N) is 1. The minimum atomic E-state index is 0.394. The van der Waals surface area contributed by atoms with Crippen LogP contribution in [0.25, 0.3) is 0 Å². The Morgan fingerprint density at radius 3 is 2.26 bits per heavy atom. The molecule has 19 heavy (non-hydrogen) atoms. The van der Waals surface area contributed by atoms with Gasteiger partial charge in [-0.3, -0.25) is 4.79 Å². The van der Waals surface area contributed by atoms with Gasteiger partial charge in [0.05, 0.1) is 0 Å². The van der Waals surface area contributed by atoms with Gasteiger partial charge in [0, 0.05) is 25.6 Å². The van der Waals surface area contributed by atoms with E-state index in [0.29, 0.717) is 11.8 Å². The predicted molar refractivity (Wildman–Crippen MR) is 74.6 cm³/mol. The molecular formula is C16H26N2O.